The number of benzene rings is 2. The molecule has 0 atom stereocenters. The number of thiazole rings is 1. The molecule has 0 amide bonds. The number of nitrogens with zero attached hydrogens (tertiary/aromatic N) is 2. The Kier molecular flexibility index (Phi) is 5.73. The summed E-state index contributed by atoms with van der Waals surface area (Å²) >= 11 is 1.65. The van der Waals surface area contributed by atoms with Gasteiger partial charge in [-0.1, -0.05) is 23.5 Å². The van der Waals surface area contributed by atoms with E-state index in [9.17, 15) is 21.6 Å². The van der Waals surface area contributed by atoms with E-state index in [4.69, 9.17) is 0 Å². The molecule has 0 spiro atoms. The third-order valence-electron chi connectivity index (χ3n) is 5.22. The highest BCUT2D eigenvalue weighted by molar-refractivity contribution is 7.89. The largest absolute Gasteiger partial charge is 0.416 e. The van der Waals surface area contributed by atoms with Crippen molar-refractivity contribution in [3.05, 3.63) is 54.1 Å². The molecular formula is C20H20F3N3O2S2. The summed E-state index contributed by atoms with van der Waals surface area (Å²) in [6, 6.07) is 11.5. The fourth-order valence-electron chi connectivity index (χ4n) is 3.46. The quantitative estimate of drug-likeness (QED) is 0.615. The Morgan fingerprint density at radius 3 is 2.37 bits per heavy atom. The molecule has 0 aliphatic carbocycles. The number of aromatic nitrogens is 1. The zero-order valence-corrected chi connectivity index (χ0v) is 17.5. The number of nitrogens with one attached hydrogen (secondary N) is 1. The van der Waals surface area contributed by atoms with Gasteiger partial charge in [-0.15, -0.1) is 0 Å². The molecule has 10 heteroatoms. The highest BCUT2D eigenvalue weighted by atomic mass is 32.2. The predicted molar refractivity (Wildman–Crippen MR) is 111 cm³/mol. The normalized spacial score (nSPS) is 16.3. The van der Waals surface area contributed by atoms with E-state index in [1.807, 2.05) is 24.3 Å². The van der Waals surface area contributed by atoms with Gasteiger partial charge in [0.1, 0.15) is 0 Å². The third kappa shape index (κ3) is 4.60. The molecule has 0 bridgehead atoms. The van der Waals surface area contributed by atoms with E-state index in [1.54, 1.807) is 11.3 Å². The summed E-state index contributed by atoms with van der Waals surface area (Å²) in [5, 5.41) is 0.972. The summed E-state index contributed by atoms with van der Waals surface area (Å²) in [5.74, 6) is 0.167. The van der Waals surface area contributed by atoms with Gasteiger partial charge in [-0.2, -0.15) is 13.2 Å². The van der Waals surface area contributed by atoms with Crippen LogP contribution in [0.3, 0.4) is 0 Å². The van der Waals surface area contributed by atoms with Crippen LogP contribution >= 0.6 is 11.3 Å². The molecule has 1 N–H and O–H groups in total. The van der Waals surface area contributed by atoms with Crippen molar-refractivity contribution >= 4 is 36.7 Å². The fraction of sp³-hybridized carbons (Fsp3) is 0.350. The number of para-hydroxylation sites is 1. The Bertz CT molecular complexity index is 1090. The standard InChI is InChI=1S/C20H20F3N3O2S2/c21-20(22,23)15-5-7-16(8-6-15)30(27,28)24-13-14-9-11-26(12-10-14)19-25-17-3-1-2-4-18(17)29-19/h1-8,14,24H,9-13H2. The average molecular weight is 456 g/mol. The molecule has 2 aromatic carbocycles. The Morgan fingerprint density at radius 1 is 1.07 bits per heavy atom. The maximum atomic E-state index is 12.6. The fourth-order valence-corrected chi connectivity index (χ4v) is 5.59. The first kappa shape index (κ1) is 21.1. The van der Waals surface area contributed by atoms with Crippen molar-refractivity contribution in [2.75, 3.05) is 24.5 Å². The van der Waals surface area contributed by atoms with Crippen molar-refractivity contribution < 1.29 is 21.6 Å². The topological polar surface area (TPSA) is 62.3 Å². The van der Waals surface area contributed by atoms with Gasteiger partial charge in [0, 0.05) is 19.6 Å². The molecule has 1 aliphatic rings. The molecule has 1 fully saturated rings. The smallest absolute Gasteiger partial charge is 0.348 e. The second-order valence-electron chi connectivity index (χ2n) is 7.27. The molecule has 5 nitrogen and oxygen atoms in total. The van der Waals surface area contributed by atoms with E-state index < -0.39 is 21.8 Å². The Hall–Kier alpha value is -2.17. The lowest BCUT2D eigenvalue weighted by Crippen LogP contribution is -2.38. The summed E-state index contributed by atoms with van der Waals surface area (Å²) < 4.78 is 66.4. The molecule has 160 valence electrons. The van der Waals surface area contributed by atoms with Gasteiger partial charge in [0.25, 0.3) is 0 Å². The number of halogens is 3. The number of sulfonamides is 1. The molecule has 1 saturated heterocycles. The number of hydrogen-bond donors (Lipinski definition) is 1. The van der Waals surface area contributed by atoms with Crippen LogP contribution in [0.1, 0.15) is 18.4 Å². The third-order valence-corrected chi connectivity index (χ3v) is 7.76. The minimum absolute atomic E-state index is 0.164. The number of piperidine rings is 1. The maximum absolute atomic E-state index is 12.6. The number of alkyl halides is 3. The zero-order valence-electron chi connectivity index (χ0n) is 15.9. The number of hydrogen-bond acceptors (Lipinski definition) is 5. The summed E-state index contributed by atoms with van der Waals surface area (Å²) in [7, 11) is -3.85. The van der Waals surface area contributed by atoms with E-state index in [0.717, 1.165) is 65.5 Å². The van der Waals surface area contributed by atoms with Crippen LogP contribution in [-0.2, 0) is 16.2 Å². The summed E-state index contributed by atoms with van der Waals surface area (Å²) in [4.78, 5) is 6.71. The van der Waals surface area contributed by atoms with Crippen molar-refractivity contribution in [1.82, 2.24) is 9.71 Å². The van der Waals surface area contributed by atoms with Crippen LogP contribution in [0, 0.1) is 5.92 Å². The van der Waals surface area contributed by atoms with Crippen LogP contribution in [0.5, 0.6) is 0 Å². The molecule has 0 radical (unpaired) electrons. The predicted octanol–water partition coefficient (Wildman–Crippen LogP) is 4.51. The molecule has 3 aromatic rings. The second-order valence-corrected chi connectivity index (χ2v) is 10.0. The van der Waals surface area contributed by atoms with Gasteiger partial charge in [0.2, 0.25) is 10.0 Å². The highest BCUT2D eigenvalue weighted by Crippen LogP contribution is 2.32. The van der Waals surface area contributed by atoms with Gasteiger partial charge in [0.05, 0.1) is 20.7 Å². The lowest BCUT2D eigenvalue weighted by molar-refractivity contribution is -0.137. The molecular weight excluding hydrogens is 435 g/mol. The van der Waals surface area contributed by atoms with Gasteiger partial charge in [0.15, 0.2) is 5.13 Å². The first-order valence-electron chi connectivity index (χ1n) is 9.50. The molecule has 1 aromatic heterocycles. The summed E-state index contributed by atoms with van der Waals surface area (Å²) in [5.41, 5.74) is 0.104. The van der Waals surface area contributed by atoms with Crippen molar-refractivity contribution in [2.45, 2.75) is 23.9 Å². The SMILES string of the molecule is O=S(=O)(NCC1CCN(c2nc3ccccc3s2)CC1)c1ccc(C(F)(F)F)cc1. The van der Waals surface area contributed by atoms with Gasteiger partial charge >= 0.3 is 6.18 Å². The van der Waals surface area contributed by atoms with Crippen LogP contribution < -0.4 is 9.62 Å². The van der Waals surface area contributed by atoms with Gasteiger partial charge in [-0.3, -0.25) is 0 Å². The van der Waals surface area contributed by atoms with Gasteiger partial charge in [-0.05, 0) is 55.2 Å². The molecule has 1 aliphatic heterocycles. The van der Waals surface area contributed by atoms with Crippen LogP contribution in [-0.4, -0.2) is 33.0 Å². The molecule has 30 heavy (non-hydrogen) atoms. The van der Waals surface area contributed by atoms with E-state index in [-0.39, 0.29) is 17.4 Å². The van der Waals surface area contributed by atoms with Crippen molar-refractivity contribution in [2.24, 2.45) is 5.92 Å². The van der Waals surface area contributed by atoms with Crippen LogP contribution in [0.15, 0.2) is 53.4 Å². The first-order valence-corrected chi connectivity index (χ1v) is 11.8. The molecule has 2 heterocycles. The van der Waals surface area contributed by atoms with Crippen LogP contribution in [0.4, 0.5) is 18.3 Å². The molecule has 0 saturated carbocycles. The monoisotopic (exact) mass is 455 g/mol. The van der Waals surface area contributed by atoms with Crippen molar-refractivity contribution in [3.63, 3.8) is 0 Å². The number of rotatable bonds is 5. The molecule has 4 rings (SSSR count). The average Bonchev–Trinajstić information content (AvgIpc) is 3.16. The highest BCUT2D eigenvalue weighted by Gasteiger charge is 2.31. The van der Waals surface area contributed by atoms with Gasteiger partial charge < -0.3 is 4.90 Å². The van der Waals surface area contributed by atoms with E-state index in [1.165, 1.54) is 0 Å². The van der Waals surface area contributed by atoms with E-state index >= 15 is 0 Å². The van der Waals surface area contributed by atoms with Gasteiger partial charge in [-0.25, -0.2) is 18.1 Å². The minimum atomic E-state index is -4.49. The molecule has 0 unspecified atom stereocenters. The number of anilines is 1. The second kappa shape index (κ2) is 8.16. The van der Waals surface area contributed by atoms with Crippen molar-refractivity contribution in [3.8, 4) is 0 Å². The summed E-state index contributed by atoms with van der Waals surface area (Å²) in [6.07, 6.45) is -2.87. The minimum Gasteiger partial charge on any atom is -0.348 e. The summed E-state index contributed by atoms with van der Waals surface area (Å²) in [6.45, 7) is 1.83. The van der Waals surface area contributed by atoms with Crippen LogP contribution in [0.2, 0.25) is 0 Å². The van der Waals surface area contributed by atoms with Crippen LogP contribution in [0.25, 0.3) is 10.2 Å². The van der Waals surface area contributed by atoms with Crippen molar-refractivity contribution in [1.29, 1.82) is 0 Å². The number of fused-ring (bicyclic) bond motifs is 1. The maximum Gasteiger partial charge on any atom is 0.416 e. The van der Waals surface area contributed by atoms with E-state index in [0.29, 0.717) is 0 Å². The Labute approximate surface area is 176 Å². The lowest BCUT2D eigenvalue weighted by atomic mass is 9.97. The zero-order chi connectivity index (χ0) is 21.4. The Morgan fingerprint density at radius 2 is 1.73 bits per heavy atom. The van der Waals surface area contributed by atoms with E-state index in [2.05, 4.69) is 14.6 Å². The Balaban J connectivity index is 1.32. The first-order chi connectivity index (χ1) is 14.2. The lowest BCUT2D eigenvalue weighted by Gasteiger charge is -2.31.